The van der Waals surface area contributed by atoms with Gasteiger partial charge in [0.1, 0.15) is 0 Å². The van der Waals surface area contributed by atoms with E-state index in [1.165, 1.54) is 0 Å². The minimum atomic E-state index is -0.351. The predicted octanol–water partition coefficient (Wildman–Crippen LogP) is 0.776. The van der Waals surface area contributed by atoms with Crippen molar-refractivity contribution in [3.8, 4) is 0 Å². The molecule has 1 atom stereocenters. The fourth-order valence-corrected chi connectivity index (χ4v) is 2.28. The van der Waals surface area contributed by atoms with Gasteiger partial charge in [-0.1, -0.05) is 0 Å². The molecule has 0 bridgehead atoms. The lowest BCUT2D eigenvalue weighted by atomic mass is 9.98. The highest BCUT2D eigenvalue weighted by Gasteiger charge is 2.31. The van der Waals surface area contributed by atoms with Gasteiger partial charge in [-0.3, -0.25) is 4.68 Å². The normalized spacial score (nSPS) is 18.9. The molecule has 2 heterocycles. The van der Waals surface area contributed by atoms with Gasteiger partial charge in [0.2, 0.25) is 0 Å². The molecule has 0 spiro atoms. The molecular formula is C12H16N4O2S. The summed E-state index contributed by atoms with van der Waals surface area (Å²) in [6.45, 7) is 3.92. The summed E-state index contributed by atoms with van der Waals surface area (Å²) in [5, 5.41) is 10.6. The predicted molar refractivity (Wildman–Crippen MR) is 74.2 cm³/mol. The fourth-order valence-electron chi connectivity index (χ4n) is 2.01. The third-order valence-electron chi connectivity index (χ3n) is 2.82. The summed E-state index contributed by atoms with van der Waals surface area (Å²) in [5.74, 6) is -0.351. The lowest BCUT2D eigenvalue weighted by Gasteiger charge is -2.28. The van der Waals surface area contributed by atoms with Crippen molar-refractivity contribution in [2.45, 2.75) is 19.9 Å². The van der Waals surface area contributed by atoms with Gasteiger partial charge < -0.3 is 15.4 Å². The van der Waals surface area contributed by atoms with Crippen LogP contribution in [0.1, 0.15) is 25.5 Å². The van der Waals surface area contributed by atoms with Gasteiger partial charge in [-0.05, 0) is 26.1 Å². The number of nitrogens with zero attached hydrogens (tertiary/aromatic N) is 2. The van der Waals surface area contributed by atoms with Crippen LogP contribution in [0, 0.1) is 0 Å². The molecule has 0 saturated carbocycles. The van der Waals surface area contributed by atoms with Crippen LogP contribution in [0.4, 0.5) is 0 Å². The van der Waals surface area contributed by atoms with Crippen LogP contribution >= 0.6 is 12.2 Å². The number of carbonyl (C=O) groups is 1. The first-order valence-corrected chi connectivity index (χ1v) is 6.37. The van der Waals surface area contributed by atoms with E-state index >= 15 is 0 Å². The zero-order valence-electron chi connectivity index (χ0n) is 11.1. The van der Waals surface area contributed by atoms with Crippen LogP contribution in [0.15, 0.2) is 23.7 Å². The highest BCUT2D eigenvalue weighted by molar-refractivity contribution is 7.80. The number of aryl methyl sites for hydroxylation is 1. The third kappa shape index (κ3) is 2.76. The first-order chi connectivity index (χ1) is 9.02. The van der Waals surface area contributed by atoms with Crippen LogP contribution in [0.5, 0.6) is 0 Å². The maximum absolute atomic E-state index is 12.1. The number of hydrogen-bond donors (Lipinski definition) is 2. The highest BCUT2D eigenvalue weighted by Crippen LogP contribution is 2.27. The van der Waals surface area contributed by atoms with Crippen molar-refractivity contribution >= 4 is 23.3 Å². The number of carbonyl (C=O) groups excluding carboxylic acids is 1. The number of aromatic nitrogens is 2. The summed E-state index contributed by atoms with van der Waals surface area (Å²) in [4.78, 5) is 12.1. The molecule has 7 heteroatoms. The Hall–Kier alpha value is -1.89. The van der Waals surface area contributed by atoms with Crippen molar-refractivity contribution in [3.05, 3.63) is 29.2 Å². The van der Waals surface area contributed by atoms with Crippen LogP contribution < -0.4 is 10.6 Å². The Morgan fingerprint density at radius 2 is 2.37 bits per heavy atom. The molecule has 1 aromatic rings. The van der Waals surface area contributed by atoms with Crippen LogP contribution in [-0.2, 0) is 16.6 Å². The van der Waals surface area contributed by atoms with Gasteiger partial charge >= 0.3 is 5.97 Å². The summed E-state index contributed by atoms with van der Waals surface area (Å²) in [5.41, 5.74) is 2.10. The summed E-state index contributed by atoms with van der Waals surface area (Å²) in [6.07, 6.45) is 3.55. The van der Waals surface area contributed by atoms with Crippen LogP contribution in [0.3, 0.4) is 0 Å². The zero-order valence-corrected chi connectivity index (χ0v) is 11.9. The molecule has 0 amide bonds. The van der Waals surface area contributed by atoms with Crippen molar-refractivity contribution in [3.63, 3.8) is 0 Å². The summed E-state index contributed by atoms with van der Waals surface area (Å²) < 4.78 is 6.78. The summed E-state index contributed by atoms with van der Waals surface area (Å²) in [6, 6.07) is -0.332. The Morgan fingerprint density at radius 3 is 2.95 bits per heavy atom. The molecular weight excluding hydrogens is 264 g/mol. The van der Waals surface area contributed by atoms with Gasteiger partial charge in [-0.15, -0.1) is 0 Å². The van der Waals surface area contributed by atoms with E-state index < -0.39 is 0 Å². The van der Waals surface area contributed by atoms with Gasteiger partial charge in [-0.2, -0.15) is 5.10 Å². The van der Waals surface area contributed by atoms with Gasteiger partial charge in [0.25, 0.3) is 0 Å². The fraction of sp³-hybridized carbons (Fsp3) is 0.417. The lowest BCUT2D eigenvalue weighted by Crippen LogP contribution is -2.45. The topological polar surface area (TPSA) is 68.2 Å². The SMILES string of the molecule is CCOC(=O)C1=C(C)NC(=S)N[C@@H]1c1cnn(C)c1. The number of allylic oxidation sites excluding steroid dienone is 1. The van der Waals surface area contributed by atoms with Gasteiger partial charge in [-0.25, -0.2) is 4.79 Å². The van der Waals surface area contributed by atoms with E-state index in [2.05, 4.69) is 15.7 Å². The number of thiocarbonyl (C=S) groups is 1. The van der Waals surface area contributed by atoms with E-state index in [1.807, 2.05) is 20.2 Å². The van der Waals surface area contributed by atoms with Crippen molar-refractivity contribution in [2.24, 2.45) is 7.05 Å². The second-order valence-corrected chi connectivity index (χ2v) is 4.65. The molecule has 1 aliphatic heterocycles. The van der Waals surface area contributed by atoms with Crippen LogP contribution in [0.2, 0.25) is 0 Å². The molecule has 0 saturated heterocycles. The molecule has 0 unspecified atom stereocenters. The van der Waals surface area contributed by atoms with Gasteiger partial charge in [0.05, 0.1) is 24.4 Å². The quantitative estimate of drug-likeness (QED) is 0.630. The molecule has 102 valence electrons. The number of rotatable bonds is 3. The summed E-state index contributed by atoms with van der Waals surface area (Å²) in [7, 11) is 1.82. The number of esters is 1. The Kier molecular flexibility index (Phi) is 3.84. The van der Waals surface area contributed by atoms with Crippen molar-refractivity contribution < 1.29 is 9.53 Å². The lowest BCUT2D eigenvalue weighted by molar-refractivity contribution is -0.139. The van der Waals surface area contributed by atoms with E-state index in [4.69, 9.17) is 17.0 Å². The molecule has 2 N–H and O–H groups in total. The Labute approximate surface area is 116 Å². The Morgan fingerprint density at radius 1 is 1.63 bits per heavy atom. The molecule has 6 nitrogen and oxygen atoms in total. The Bertz CT molecular complexity index is 550. The molecule has 0 aliphatic carbocycles. The molecule has 0 aromatic carbocycles. The molecule has 0 fully saturated rings. The third-order valence-corrected chi connectivity index (χ3v) is 3.04. The monoisotopic (exact) mass is 280 g/mol. The van der Waals surface area contributed by atoms with E-state index in [-0.39, 0.29) is 12.0 Å². The standard InChI is InChI=1S/C12H16N4O2S/c1-4-18-11(17)9-7(2)14-12(19)15-10(9)8-5-13-16(3)6-8/h5-6,10H,4H2,1-3H3,(H2,14,15,19)/t10-/m1/s1. The summed E-state index contributed by atoms with van der Waals surface area (Å²) >= 11 is 5.14. The van der Waals surface area contributed by atoms with Crippen molar-refractivity contribution in [1.29, 1.82) is 0 Å². The minimum absolute atomic E-state index is 0.332. The smallest absolute Gasteiger partial charge is 0.338 e. The number of ether oxygens (including phenoxy) is 1. The number of hydrogen-bond acceptors (Lipinski definition) is 4. The van der Waals surface area contributed by atoms with Crippen LogP contribution in [-0.4, -0.2) is 27.5 Å². The second-order valence-electron chi connectivity index (χ2n) is 4.24. The maximum atomic E-state index is 12.1. The second kappa shape index (κ2) is 5.40. The largest absolute Gasteiger partial charge is 0.463 e. The van der Waals surface area contributed by atoms with E-state index in [1.54, 1.807) is 17.8 Å². The van der Waals surface area contributed by atoms with Gasteiger partial charge in [0.15, 0.2) is 5.11 Å². The average Bonchev–Trinajstić information content (AvgIpc) is 2.75. The van der Waals surface area contributed by atoms with Gasteiger partial charge in [0, 0.05) is 24.5 Å². The first kappa shape index (κ1) is 13.5. The van der Waals surface area contributed by atoms with Crippen molar-refractivity contribution in [1.82, 2.24) is 20.4 Å². The average molecular weight is 280 g/mol. The molecule has 19 heavy (non-hydrogen) atoms. The Balaban J connectivity index is 2.40. The number of nitrogens with one attached hydrogen (secondary N) is 2. The highest BCUT2D eigenvalue weighted by atomic mass is 32.1. The van der Waals surface area contributed by atoms with E-state index in [0.29, 0.717) is 23.0 Å². The van der Waals surface area contributed by atoms with E-state index in [0.717, 1.165) is 5.56 Å². The first-order valence-electron chi connectivity index (χ1n) is 5.97. The molecule has 2 rings (SSSR count). The van der Waals surface area contributed by atoms with Crippen molar-refractivity contribution in [2.75, 3.05) is 6.61 Å². The van der Waals surface area contributed by atoms with E-state index in [9.17, 15) is 4.79 Å². The zero-order chi connectivity index (χ0) is 14.0. The minimum Gasteiger partial charge on any atom is -0.463 e. The molecule has 0 radical (unpaired) electrons. The molecule has 1 aromatic heterocycles. The van der Waals surface area contributed by atoms with Crippen LogP contribution in [0.25, 0.3) is 0 Å². The maximum Gasteiger partial charge on any atom is 0.338 e. The molecule has 1 aliphatic rings.